The Kier molecular flexibility index (Phi) is 6.46. The van der Waals surface area contributed by atoms with Crippen molar-refractivity contribution in [3.05, 3.63) is 60.4 Å². The van der Waals surface area contributed by atoms with Crippen LogP contribution in [0.15, 0.2) is 59.8 Å². The van der Waals surface area contributed by atoms with Gasteiger partial charge in [-0.3, -0.25) is 9.36 Å². The van der Waals surface area contributed by atoms with Gasteiger partial charge in [0.15, 0.2) is 11.0 Å². The van der Waals surface area contributed by atoms with E-state index in [1.807, 2.05) is 41.8 Å². The number of nitrogens with one attached hydrogen (secondary N) is 1. The van der Waals surface area contributed by atoms with Crippen LogP contribution in [0.2, 0.25) is 0 Å². The van der Waals surface area contributed by atoms with E-state index in [0.29, 0.717) is 16.9 Å². The average molecular weight is 399 g/mol. The SMILES string of the molecule is CC(C)C(C)NC(=O)CSc1nnc(-c2ccc(F)cc2)n1-c1ccccc1. The molecule has 0 saturated carbocycles. The molecular formula is C21H23FN4OS. The number of carbonyl (C=O) groups is 1. The minimum absolute atomic E-state index is 0.0443. The summed E-state index contributed by atoms with van der Waals surface area (Å²) in [7, 11) is 0. The van der Waals surface area contributed by atoms with Gasteiger partial charge in [0.25, 0.3) is 0 Å². The smallest absolute Gasteiger partial charge is 0.230 e. The first kappa shape index (κ1) is 20.1. The quantitative estimate of drug-likeness (QED) is 0.602. The van der Waals surface area contributed by atoms with Crippen LogP contribution in [0.4, 0.5) is 4.39 Å². The number of carbonyl (C=O) groups excluding carboxylic acids is 1. The predicted molar refractivity (Wildman–Crippen MR) is 110 cm³/mol. The third kappa shape index (κ3) is 4.78. The fraction of sp³-hybridized carbons (Fsp3) is 0.286. The molecule has 1 amide bonds. The topological polar surface area (TPSA) is 59.8 Å². The molecule has 0 aliphatic carbocycles. The van der Waals surface area contributed by atoms with E-state index in [-0.39, 0.29) is 23.5 Å². The molecule has 28 heavy (non-hydrogen) atoms. The van der Waals surface area contributed by atoms with E-state index in [0.717, 1.165) is 11.3 Å². The molecule has 0 aliphatic rings. The van der Waals surface area contributed by atoms with Crippen molar-refractivity contribution in [1.29, 1.82) is 0 Å². The van der Waals surface area contributed by atoms with E-state index in [9.17, 15) is 9.18 Å². The number of para-hydroxylation sites is 1. The zero-order valence-electron chi connectivity index (χ0n) is 16.1. The molecule has 146 valence electrons. The van der Waals surface area contributed by atoms with E-state index < -0.39 is 0 Å². The summed E-state index contributed by atoms with van der Waals surface area (Å²) in [6.45, 7) is 6.13. The molecule has 3 aromatic rings. The van der Waals surface area contributed by atoms with Gasteiger partial charge in [0.05, 0.1) is 5.75 Å². The van der Waals surface area contributed by atoms with Gasteiger partial charge in [0.2, 0.25) is 5.91 Å². The molecule has 2 aromatic carbocycles. The first-order valence-corrected chi connectivity index (χ1v) is 10.1. The van der Waals surface area contributed by atoms with Crippen molar-refractivity contribution in [3.8, 4) is 17.1 Å². The van der Waals surface area contributed by atoms with Gasteiger partial charge in [0.1, 0.15) is 5.82 Å². The molecule has 0 aliphatic heterocycles. The molecule has 1 heterocycles. The minimum Gasteiger partial charge on any atom is -0.353 e. The van der Waals surface area contributed by atoms with Crippen LogP contribution in [0.25, 0.3) is 17.1 Å². The summed E-state index contributed by atoms with van der Waals surface area (Å²) in [6, 6.07) is 15.9. The summed E-state index contributed by atoms with van der Waals surface area (Å²) < 4.78 is 15.2. The maximum absolute atomic E-state index is 13.3. The molecule has 0 radical (unpaired) electrons. The number of hydrogen-bond donors (Lipinski definition) is 1. The number of hydrogen-bond acceptors (Lipinski definition) is 4. The van der Waals surface area contributed by atoms with Crippen LogP contribution in [-0.4, -0.2) is 32.5 Å². The molecule has 0 saturated heterocycles. The summed E-state index contributed by atoms with van der Waals surface area (Å²) in [5, 5.41) is 12.2. The Balaban J connectivity index is 1.87. The van der Waals surface area contributed by atoms with Gasteiger partial charge in [-0.1, -0.05) is 43.8 Å². The molecule has 0 fully saturated rings. The Morgan fingerprint density at radius 1 is 1.07 bits per heavy atom. The minimum atomic E-state index is -0.305. The van der Waals surface area contributed by atoms with Crippen molar-refractivity contribution < 1.29 is 9.18 Å². The molecule has 1 unspecified atom stereocenters. The number of thioether (sulfide) groups is 1. The maximum Gasteiger partial charge on any atom is 0.230 e. The first-order valence-electron chi connectivity index (χ1n) is 9.14. The second-order valence-electron chi connectivity index (χ2n) is 6.87. The normalized spacial score (nSPS) is 12.2. The van der Waals surface area contributed by atoms with Crippen molar-refractivity contribution in [2.75, 3.05) is 5.75 Å². The van der Waals surface area contributed by atoms with Gasteiger partial charge >= 0.3 is 0 Å². The van der Waals surface area contributed by atoms with Gasteiger partial charge in [-0.25, -0.2) is 4.39 Å². The fourth-order valence-corrected chi connectivity index (χ4v) is 3.31. The van der Waals surface area contributed by atoms with Gasteiger partial charge in [-0.2, -0.15) is 0 Å². The second-order valence-corrected chi connectivity index (χ2v) is 7.82. The molecule has 1 N–H and O–H groups in total. The monoisotopic (exact) mass is 398 g/mol. The van der Waals surface area contributed by atoms with Gasteiger partial charge in [-0.05, 0) is 49.2 Å². The van der Waals surface area contributed by atoms with E-state index in [4.69, 9.17) is 0 Å². The van der Waals surface area contributed by atoms with Crippen LogP contribution < -0.4 is 5.32 Å². The molecular weight excluding hydrogens is 375 g/mol. The average Bonchev–Trinajstić information content (AvgIpc) is 3.11. The largest absolute Gasteiger partial charge is 0.353 e. The molecule has 7 heteroatoms. The van der Waals surface area contributed by atoms with E-state index in [1.165, 1.54) is 23.9 Å². The molecule has 3 rings (SSSR count). The summed E-state index contributed by atoms with van der Waals surface area (Å²) >= 11 is 1.33. The lowest BCUT2D eigenvalue weighted by Crippen LogP contribution is -2.37. The summed E-state index contributed by atoms with van der Waals surface area (Å²) in [6.07, 6.45) is 0. The first-order chi connectivity index (χ1) is 13.5. The van der Waals surface area contributed by atoms with Crippen LogP contribution >= 0.6 is 11.8 Å². The second kappa shape index (κ2) is 9.01. The van der Waals surface area contributed by atoms with Gasteiger partial charge in [-0.15, -0.1) is 10.2 Å². The maximum atomic E-state index is 13.3. The Hall–Kier alpha value is -2.67. The van der Waals surface area contributed by atoms with Crippen LogP contribution in [0, 0.1) is 11.7 Å². The van der Waals surface area contributed by atoms with E-state index >= 15 is 0 Å². The van der Waals surface area contributed by atoms with Crippen LogP contribution in [-0.2, 0) is 4.79 Å². The standard InChI is InChI=1S/C21H23FN4OS/c1-14(2)15(3)23-19(27)13-28-21-25-24-20(16-9-11-17(22)12-10-16)26(21)18-7-5-4-6-8-18/h4-12,14-15H,13H2,1-3H3,(H,23,27). The molecule has 1 atom stereocenters. The fourth-order valence-electron chi connectivity index (χ4n) is 2.55. The van der Waals surface area contributed by atoms with E-state index in [1.54, 1.807) is 12.1 Å². The third-order valence-corrected chi connectivity index (χ3v) is 5.40. The van der Waals surface area contributed by atoms with Crippen LogP contribution in [0.3, 0.4) is 0 Å². The zero-order chi connectivity index (χ0) is 20.1. The summed E-state index contributed by atoms with van der Waals surface area (Å²) in [5.74, 6) is 0.861. The molecule has 1 aromatic heterocycles. The number of aromatic nitrogens is 3. The Morgan fingerprint density at radius 3 is 2.39 bits per heavy atom. The highest BCUT2D eigenvalue weighted by atomic mass is 32.2. The summed E-state index contributed by atoms with van der Waals surface area (Å²) in [4.78, 5) is 12.3. The number of amides is 1. The van der Waals surface area contributed by atoms with Crippen LogP contribution in [0.5, 0.6) is 0 Å². The zero-order valence-corrected chi connectivity index (χ0v) is 16.9. The van der Waals surface area contributed by atoms with Crippen molar-refractivity contribution in [3.63, 3.8) is 0 Å². The lowest BCUT2D eigenvalue weighted by molar-refractivity contribution is -0.119. The Bertz CT molecular complexity index is 925. The Labute approximate surface area is 168 Å². The van der Waals surface area contributed by atoms with Gasteiger partial charge in [0, 0.05) is 17.3 Å². The highest BCUT2D eigenvalue weighted by Crippen LogP contribution is 2.28. The van der Waals surface area contributed by atoms with Crippen molar-refractivity contribution >= 4 is 17.7 Å². The molecule has 0 bridgehead atoms. The van der Waals surface area contributed by atoms with Crippen molar-refractivity contribution in [2.45, 2.75) is 32.0 Å². The van der Waals surface area contributed by atoms with Crippen LogP contribution in [0.1, 0.15) is 20.8 Å². The third-order valence-electron chi connectivity index (χ3n) is 4.47. The van der Waals surface area contributed by atoms with Crippen molar-refractivity contribution in [1.82, 2.24) is 20.1 Å². The van der Waals surface area contributed by atoms with E-state index in [2.05, 4.69) is 29.4 Å². The lowest BCUT2D eigenvalue weighted by atomic mass is 10.1. The number of benzene rings is 2. The number of rotatable bonds is 7. The number of nitrogens with zero attached hydrogens (tertiary/aromatic N) is 3. The predicted octanol–water partition coefficient (Wildman–Crippen LogP) is 4.33. The molecule has 5 nitrogen and oxygen atoms in total. The number of halogens is 1. The highest BCUT2D eigenvalue weighted by molar-refractivity contribution is 7.99. The van der Waals surface area contributed by atoms with Crippen molar-refractivity contribution in [2.24, 2.45) is 5.92 Å². The molecule has 0 spiro atoms. The summed E-state index contributed by atoms with van der Waals surface area (Å²) in [5.41, 5.74) is 1.63. The van der Waals surface area contributed by atoms with Gasteiger partial charge < -0.3 is 5.32 Å². The Morgan fingerprint density at radius 2 is 1.75 bits per heavy atom. The lowest BCUT2D eigenvalue weighted by Gasteiger charge is -2.17. The highest BCUT2D eigenvalue weighted by Gasteiger charge is 2.18.